The van der Waals surface area contributed by atoms with Crippen LogP contribution in [0.5, 0.6) is 5.75 Å². The molecule has 0 atom stereocenters. The van der Waals surface area contributed by atoms with Gasteiger partial charge in [-0.2, -0.15) is 0 Å². The number of aromatic nitrogens is 2. The molecule has 4 nitrogen and oxygen atoms in total. The molecule has 1 saturated carbocycles. The monoisotopic (exact) mass is 271 g/mol. The molecule has 1 aromatic carbocycles. The van der Waals surface area contributed by atoms with Crippen LogP contribution < -0.4 is 10.1 Å². The van der Waals surface area contributed by atoms with Crippen molar-refractivity contribution in [1.82, 2.24) is 15.3 Å². The molecule has 0 aliphatic heterocycles. The van der Waals surface area contributed by atoms with Crippen LogP contribution in [0.15, 0.2) is 24.3 Å². The van der Waals surface area contributed by atoms with Crippen LogP contribution in [0.25, 0.3) is 11.3 Å². The van der Waals surface area contributed by atoms with Gasteiger partial charge >= 0.3 is 0 Å². The van der Waals surface area contributed by atoms with Gasteiger partial charge in [0, 0.05) is 30.3 Å². The second kappa shape index (κ2) is 5.67. The van der Waals surface area contributed by atoms with Crippen LogP contribution in [-0.2, 0) is 6.42 Å². The summed E-state index contributed by atoms with van der Waals surface area (Å²) in [6.07, 6.45) is 3.61. The van der Waals surface area contributed by atoms with E-state index in [2.05, 4.69) is 17.2 Å². The third-order valence-electron chi connectivity index (χ3n) is 3.67. The van der Waals surface area contributed by atoms with E-state index < -0.39 is 0 Å². The molecule has 20 heavy (non-hydrogen) atoms. The number of benzene rings is 1. The molecule has 0 amide bonds. The minimum atomic E-state index is 0.757. The summed E-state index contributed by atoms with van der Waals surface area (Å²) in [7, 11) is 1.68. The van der Waals surface area contributed by atoms with Crippen molar-refractivity contribution in [2.24, 2.45) is 0 Å². The van der Waals surface area contributed by atoms with E-state index in [1.54, 1.807) is 7.11 Å². The summed E-state index contributed by atoms with van der Waals surface area (Å²) in [5.41, 5.74) is 3.28. The predicted molar refractivity (Wildman–Crippen MR) is 80.0 cm³/mol. The predicted octanol–water partition coefficient (Wildman–Crippen LogP) is 2.69. The summed E-state index contributed by atoms with van der Waals surface area (Å²) in [5.74, 6) is 1.93. The first kappa shape index (κ1) is 13.2. The van der Waals surface area contributed by atoms with Crippen molar-refractivity contribution < 1.29 is 4.74 Å². The fraction of sp³-hybridized carbons (Fsp3) is 0.438. The molecule has 2 N–H and O–H groups in total. The summed E-state index contributed by atoms with van der Waals surface area (Å²) >= 11 is 0. The van der Waals surface area contributed by atoms with Crippen LogP contribution in [0.2, 0.25) is 0 Å². The van der Waals surface area contributed by atoms with Gasteiger partial charge in [-0.25, -0.2) is 4.98 Å². The number of ether oxygens (including phenoxy) is 1. The minimum absolute atomic E-state index is 0.757. The maximum atomic E-state index is 5.19. The number of nitrogens with one attached hydrogen (secondary N) is 2. The van der Waals surface area contributed by atoms with E-state index in [1.807, 2.05) is 24.3 Å². The minimum Gasteiger partial charge on any atom is -0.497 e. The summed E-state index contributed by atoms with van der Waals surface area (Å²) in [6.45, 7) is 3.07. The van der Waals surface area contributed by atoms with Crippen molar-refractivity contribution in [3.05, 3.63) is 35.8 Å². The van der Waals surface area contributed by atoms with Gasteiger partial charge in [0.2, 0.25) is 0 Å². The Labute approximate surface area is 119 Å². The van der Waals surface area contributed by atoms with Crippen LogP contribution in [-0.4, -0.2) is 29.7 Å². The van der Waals surface area contributed by atoms with Crippen molar-refractivity contribution in [2.75, 3.05) is 13.7 Å². The van der Waals surface area contributed by atoms with Crippen LogP contribution in [0, 0.1) is 6.92 Å². The largest absolute Gasteiger partial charge is 0.497 e. The van der Waals surface area contributed by atoms with Crippen molar-refractivity contribution in [3.8, 4) is 17.0 Å². The van der Waals surface area contributed by atoms with Gasteiger partial charge in [0.1, 0.15) is 11.6 Å². The first-order chi connectivity index (χ1) is 9.76. The number of hydrogen-bond acceptors (Lipinski definition) is 3. The zero-order chi connectivity index (χ0) is 13.9. The highest BCUT2D eigenvalue weighted by Gasteiger charge is 2.20. The van der Waals surface area contributed by atoms with Crippen molar-refractivity contribution >= 4 is 0 Å². The maximum absolute atomic E-state index is 5.19. The fourth-order valence-electron chi connectivity index (χ4n) is 2.35. The highest BCUT2D eigenvalue weighted by atomic mass is 16.5. The molecule has 3 rings (SSSR count). The van der Waals surface area contributed by atoms with Gasteiger partial charge in [0.05, 0.1) is 12.8 Å². The summed E-state index contributed by atoms with van der Waals surface area (Å²) in [6, 6.07) is 8.80. The topological polar surface area (TPSA) is 49.9 Å². The number of methoxy groups -OCH3 is 1. The van der Waals surface area contributed by atoms with E-state index in [0.717, 1.165) is 47.5 Å². The van der Waals surface area contributed by atoms with E-state index >= 15 is 0 Å². The molecular weight excluding hydrogens is 250 g/mol. The third-order valence-corrected chi connectivity index (χ3v) is 3.67. The average Bonchev–Trinajstić information content (AvgIpc) is 3.21. The highest BCUT2D eigenvalue weighted by Crippen LogP contribution is 2.24. The van der Waals surface area contributed by atoms with E-state index in [9.17, 15) is 0 Å². The van der Waals surface area contributed by atoms with Crippen LogP contribution in [0.3, 0.4) is 0 Å². The Morgan fingerprint density at radius 2 is 2.05 bits per heavy atom. The summed E-state index contributed by atoms with van der Waals surface area (Å²) in [4.78, 5) is 8.10. The number of aryl methyl sites for hydroxylation is 1. The van der Waals surface area contributed by atoms with Crippen LogP contribution in [0.1, 0.15) is 24.4 Å². The molecule has 4 heteroatoms. The number of rotatable bonds is 6. The van der Waals surface area contributed by atoms with E-state index in [0.29, 0.717) is 0 Å². The highest BCUT2D eigenvalue weighted by molar-refractivity contribution is 5.62. The Morgan fingerprint density at radius 1 is 1.30 bits per heavy atom. The van der Waals surface area contributed by atoms with Gasteiger partial charge in [-0.05, 0) is 44.0 Å². The maximum Gasteiger partial charge on any atom is 0.118 e. The van der Waals surface area contributed by atoms with Gasteiger partial charge < -0.3 is 15.0 Å². The summed E-state index contributed by atoms with van der Waals surface area (Å²) < 4.78 is 5.19. The van der Waals surface area contributed by atoms with Crippen molar-refractivity contribution in [2.45, 2.75) is 32.2 Å². The first-order valence-corrected chi connectivity index (χ1v) is 7.19. The number of imidazole rings is 1. The van der Waals surface area contributed by atoms with Crippen molar-refractivity contribution in [1.29, 1.82) is 0 Å². The van der Waals surface area contributed by atoms with Gasteiger partial charge in [0.15, 0.2) is 0 Å². The first-order valence-electron chi connectivity index (χ1n) is 7.19. The number of hydrogen-bond donors (Lipinski definition) is 2. The Bertz CT molecular complexity index is 570. The molecule has 106 valence electrons. The standard InChI is InChI=1S/C16H21N3O/c1-11-16(12-3-7-14(20-2)8-4-12)19-15(18-11)9-10-17-13-5-6-13/h3-4,7-8,13,17H,5-6,9-10H2,1-2H3,(H,18,19). The van der Waals surface area contributed by atoms with E-state index in [4.69, 9.17) is 9.72 Å². The van der Waals surface area contributed by atoms with Crippen LogP contribution in [0.4, 0.5) is 0 Å². The lowest BCUT2D eigenvalue weighted by atomic mass is 10.1. The quantitative estimate of drug-likeness (QED) is 0.849. The third kappa shape index (κ3) is 3.02. The molecule has 2 aromatic rings. The normalized spacial score (nSPS) is 14.5. The second-order valence-corrected chi connectivity index (χ2v) is 5.36. The molecule has 1 fully saturated rings. The number of H-pyrrole nitrogens is 1. The molecular formula is C16H21N3O. The fourth-order valence-corrected chi connectivity index (χ4v) is 2.35. The Morgan fingerprint density at radius 3 is 2.70 bits per heavy atom. The molecule has 0 saturated heterocycles. The van der Waals surface area contributed by atoms with Gasteiger partial charge in [-0.3, -0.25) is 0 Å². The Balaban J connectivity index is 1.69. The number of aromatic amines is 1. The molecule has 0 unspecified atom stereocenters. The van der Waals surface area contributed by atoms with E-state index in [1.165, 1.54) is 12.8 Å². The molecule has 1 heterocycles. The van der Waals surface area contributed by atoms with Crippen molar-refractivity contribution in [3.63, 3.8) is 0 Å². The lowest BCUT2D eigenvalue weighted by molar-refractivity contribution is 0.415. The SMILES string of the molecule is COc1ccc(-c2nc(CCNC3CC3)[nH]c2C)cc1. The zero-order valence-corrected chi connectivity index (χ0v) is 12.1. The molecule has 1 aromatic heterocycles. The molecule has 1 aliphatic rings. The van der Waals surface area contributed by atoms with Gasteiger partial charge in [0.25, 0.3) is 0 Å². The Kier molecular flexibility index (Phi) is 3.74. The molecule has 0 radical (unpaired) electrons. The molecule has 0 bridgehead atoms. The zero-order valence-electron chi connectivity index (χ0n) is 12.1. The molecule has 1 aliphatic carbocycles. The lowest BCUT2D eigenvalue weighted by Crippen LogP contribution is -2.19. The average molecular weight is 271 g/mol. The number of nitrogens with zero attached hydrogens (tertiary/aromatic N) is 1. The van der Waals surface area contributed by atoms with E-state index in [-0.39, 0.29) is 0 Å². The summed E-state index contributed by atoms with van der Waals surface area (Å²) in [5, 5.41) is 3.51. The molecule has 0 spiro atoms. The second-order valence-electron chi connectivity index (χ2n) is 5.36. The van der Waals surface area contributed by atoms with Gasteiger partial charge in [-0.15, -0.1) is 0 Å². The van der Waals surface area contributed by atoms with Gasteiger partial charge in [-0.1, -0.05) is 0 Å². The van der Waals surface area contributed by atoms with Crippen LogP contribution >= 0.6 is 0 Å². The smallest absolute Gasteiger partial charge is 0.118 e. The lowest BCUT2D eigenvalue weighted by Gasteiger charge is -2.01. The Hall–Kier alpha value is -1.81.